The van der Waals surface area contributed by atoms with Crippen LogP contribution in [0.25, 0.3) is 0 Å². The van der Waals surface area contributed by atoms with E-state index in [-0.39, 0.29) is 33.9 Å². The molecule has 1 aromatic carbocycles. The number of ether oxygens (including phenoxy) is 1. The van der Waals surface area contributed by atoms with Crippen molar-refractivity contribution in [2.24, 2.45) is 0 Å². The molecule has 0 bridgehead atoms. The molecule has 10 heteroatoms. The first-order valence-corrected chi connectivity index (χ1v) is 9.23. The number of hydrogen-bond acceptors (Lipinski definition) is 7. The van der Waals surface area contributed by atoms with E-state index in [1.54, 1.807) is 20.8 Å². The predicted molar refractivity (Wildman–Crippen MR) is 85.9 cm³/mol. The third-order valence-electron chi connectivity index (χ3n) is 2.48. The van der Waals surface area contributed by atoms with Crippen molar-refractivity contribution in [3.8, 4) is 0 Å². The summed E-state index contributed by atoms with van der Waals surface area (Å²) in [7, 11) is -3.83. The molecule has 0 aliphatic rings. The van der Waals surface area contributed by atoms with Gasteiger partial charge in [-0.25, -0.2) is 13.1 Å². The minimum absolute atomic E-state index is 0.0922. The summed E-state index contributed by atoms with van der Waals surface area (Å²) in [6, 6.07) is 3.23. The van der Waals surface area contributed by atoms with E-state index >= 15 is 0 Å². The zero-order valence-electron chi connectivity index (χ0n) is 12.9. The molecule has 0 radical (unpaired) electrons. The smallest absolute Gasteiger partial charge is 0.316 e. The van der Waals surface area contributed by atoms with Crippen LogP contribution in [0.1, 0.15) is 20.8 Å². The van der Waals surface area contributed by atoms with Gasteiger partial charge in [0.2, 0.25) is 10.0 Å². The maximum Gasteiger partial charge on any atom is 0.316 e. The number of nitro benzene ring substituents is 1. The average molecular weight is 362 g/mol. The highest BCUT2D eigenvalue weighted by Gasteiger charge is 2.22. The topological polar surface area (TPSA) is 116 Å². The molecule has 1 aromatic rings. The van der Waals surface area contributed by atoms with Crippen LogP contribution in [0.4, 0.5) is 5.69 Å². The van der Waals surface area contributed by atoms with Crippen LogP contribution in [0.5, 0.6) is 0 Å². The molecular formula is C13H18N2O6S2. The number of hydrogen-bond donors (Lipinski definition) is 1. The van der Waals surface area contributed by atoms with Gasteiger partial charge >= 0.3 is 5.97 Å². The van der Waals surface area contributed by atoms with Gasteiger partial charge < -0.3 is 4.74 Å². The van der Waals surface area contributed by atoms with E-state index < -0.39 is 20.9 Å². The molecule has 0 heterocycles. The number of nitrogens with zero attached hydrogens (tertiary/aromatic N) is 1. The lowest BCUT2D eigenvalue weighted by atomic mass is 10.3. The molecule has 0 saturated carbocycles. The molecule has 0 fully saturated rings. The number of carbonyl (C=O) groups excluding carboxylic acids is 1. The molecule has 0 aromatic heterocycles. The van der Waals surface area contributed by atoms with E-state index in [2.05, 4.69) is 4.72 Å². The van der Waals surface area contributed by atoms with E-state index in [1.165, 1.54) is 12.1 Å². The maximum atomic E-state index is 12.1. The van der Waals surface area contributed by atoms with Crippen molar-refractivity contribution in [1.82, 2.24) is 4.72 Å². The van der Waals surface area contributed by atoms with Gasteiger partial charge in [-0.3, -0.25) is 14.9 Å². The second kappa shape index (κ2) is 8.27. The molecule has 0 aliphatic carbocycles. The minimum Gasteiger partial charge on any atom is -0.465 e. The van der Waals surface area contributed by atoms with Gasteiger partial charge in [0.1, 0.15) is 0 Å². The lowest BCUT2D eigenvalue weighted by molar-refractivity contribution is -0.388. The third kappa shape index (κ3) is 5.81. The Hall–Kier alpha value is -1.65. The Bertz CT molecular complexity index is 688. The van der Waals surface area contributed by atoms with Crippen LogP contribution in [0.2, 0.25) is 0 Å². The molecule has 8 nitrogen and oxygen atoms in total. The third-order valence-corrected chi connectivity index (χ3v) is 5.17. The van der Waals surface area contributed by atoms with Gasteiger partial charge in [0.05, 0.1) is 27.1 Å². The number of sulfonamides is 1. The first kappa shape index (κ1) is 19.4. The van der Waals surface area contributed by atoms with E-state index in [0.717, 1.165) is 17.8 Å². The number of nitro groups is 1. The van der Waals surface area contributed by atoms with Crippen LogP contribution >= 0.6 is 11.8 Å². The number of carbonyl (C=O) groups is 1. The fourth-order valence-corrected chi connectivity index (χ4v) is 3.72. The predicted octanol–water partition coefficient (Wildman–Crippen LogP) is 1.94. The molecule has 0 spiro atoms. The standard InChI is InChI=1S/C13H18N2O6S2/c1-4-21-13(16)8-22-12-6-5-10(7-11(12)15(17)18)23(19,20)14-9(2)3/h5-7,9,14H,4,8H2,1-3H3. The number of esters is 1. The monoisotopic (exact) mass is 362 g/mol. The van der Waals surface area contributed by atoms with Crippen molar-refractivity contribution < 1.29 is 22.9 Å². The van der Waals surface area contributed by atoms with Crippen LogP contribution in [0.3, 0.4) is 0 Å². The van der Waals surface area contributed by atoms with Crippen molar-refractivity contribution in [2.45, 2.75) is 36.6 Å². The SMILES string of the molecule is CCOC(=O)CSc1ccc(S(=O)(=O)NC(C)C)cc1[N+](=O)[O-]. The molecule has 0 saturated heterocycles. The van der Waals surface area contributed by atoms with Crippen molar-refractivity contribution in [1.29, 1.82) is 0 Å². The van der Waals surface area contributed by atoms with E-state index in [0.29, 0.717) is 0 Å². The molecule has 1 rings (SSSR count). The van der Waals surface area contributed by atoms with Crippen LogP contribution < -0.4 is 4.72 Å². The van der Waals surface area contributed by atoms with Crippen molar-refractivity contribution in [3.63, 3.8) is 0 Å². The number of benzene rings is 1. The molecule has 128 valence electrons. The van der Waals surface area contributed by atoms with Gasteiger partial charge in [-0.1, -0.05) is 0 Å². The van der Waals surface area contributed by atoms with Crippen molar-refractivity contribution in [3.05, 3.63) is 28.3 Å². The highest BCUT2D eigenvalue weighted by molar-refractivity contribution is 8.00. The highest BCUT2D eigenvalue weighted by Crippen LogP contribution is 2.31. The Labute approximate surface area is 138 Å². The van der Waals surface area contributed by atoms with Crippen LogP contribution in [-0.2, 0) is 19.6 Å². The second-order valence-corrected chi connectivity index (χ2v) is 7.49. The molecule has 0 unspecified atom stereocenters. The summed E-state index contributed by atoms with van der Waals surface area (Å²) >= 11 is 0.925. The van der Waals surface area contributed by atoms with Gasteiger partial charge in [-0.2, -0.15) is 0 Å². The van der Waals surface area contributed by atoms with E-state index in [9.17, 15) is 23.3 Å². The largest absolute Gasteiger partial charge is 0.465 e. The Morgan fingerprint density at radius 2 is 2.09 bits per heavy atom. The van der Waals surface area contributed by atoms with Crippen molar-refractivity contribution in [2.75, 3.05) is 12.4 Å². The zero-order chi connectivity index (χ0) is 17.6. The average Bonchev–Trinajstić information content (AvgIpc) is 2.43. The first-order valence-electron chi connectivity index (χ1n) is 6.76. The van der Waals surface area contributed by atoms with E-state index in [4.69, 9.17) is 4.74 Å². The van der Waals surface area contributed by atoms with Crippen molar-refractivity contribution >= 4 is 33.4 Å². The minimum atomic E-state index is -3.83. The number of rotatable bonds is 8. The lowest BCUT2D eigenvalue weighted by Gasteiger charge is -2.10. The fourth-order valence-electron chi connectivity index (χ4n) is 1.65. The molecule has 0 aliphatic heterocycles. The Balaban J connectivity index is 3.08. The Morgan fingerprint density at radius 1 is 1.43 bits per heavy atom. The molecule has 0 amide bonds. The first-order chi connectivity index (χ1) is 10.7. The van der Waals surface area contributed by atoms with Crippen LogP contribution in [0, 0.1) is 10.1 Å². The summed E-state index contributed by atoms with van der Waals surface area (Å²) in [5.74, 6) is -0.588. The lowest BCUT2D eigenvalue weighted by Crippen LogP contribution is -2.30. The van der Waals surface area contributed by atoms with Crippen LogP contribution in [-0.4, -0.2) is 37.7 Å². The zero-order valence-corrected chi connectivity index (χ0v) is 14.6. The maximum absolute atomic E-state index is 12.1. The van der Waals surface area contributed by atoms with Gasteiger partial charge in [0.25, 0.3) is 5.69 Å². The summed E-state index contributed by atoms with van der Waals surface area (Å²) in [5.41, 5.74) is -0.370. The van der Waals surface area contributed by atoms with Gasteiger partial charge in [-0.05, 0) is 32.9 Å². The highest BCUT2D eigenvalue weighted by atomic mass is 32.2. The fraction of sp³-hybridized carbons (Fsp3) is 0.462. The number of nitrogens with one attached hydrogen (secondary N) is 1. The van der Waals surface area contributed by atoms with E-state index in [1.807, 2.05) is 0 Å². The quantitative estimate of drug-likeness (QED) is 0.325. The Morgan fingerprint density at radius 3 is 2.61 bits per heavy atom. The molecular weight excluding hydrogens is 344 g/mol. The normalized spacial score (nSPS) is 11.5. The number of thioether (sulfide) groups is 1. The second-order valence-electron chi connectivity index (χ2n) is 4.76. The Kier molecular flexibility index (Phi) is 6.98. The summed E-state index contributed by atoms with van der Waals surface area (Å²) < 4.78 is 31.2. The van der Waals surface area contributed by atoms with Gasteiger partial charge in [0, 0.05) is 12.1 Å². The molecule has 23 heavy (non-hydrogen) atoms. The summed E-state index contributed by atoms with van der Waals surface area (Å²) in [6.45, 7) is 5.18. The van der Waals surface area contributed by atoms with Gasteiger partial charge in [-0.15, -0.1) is 11.8 Å². The summed E-state index contributed by atoms with van der Waals surface area (Å²) in [4.78, 5) is 21.8. The van der Waals surface area contributed by atoms with Gasteiger partial charge in [0.15, 0.2) is 0 Å². The molecule has 1 N–H and O–H groups in total. The van der Waals surface area contributed by atoms with Crippen LogP contribution in [0.15, 0.2) is 28.0 Å². The summed E-state index contributed by atoms with van der Waals surface area (Å²) in [5, 5.41) is 11.2. The molecule has 0 atom stereocenters. The summed E-state index contributed by atoms with van der Waals surface area (Å²) in [6.07, 6.45) is 0.